The summed E-state index contributed by atoms with van der Waals surface area (Å²) in [7, 11) is -3.51. The van der Waals surface area contributed by atoms with E-state index >= 15 is 0 Å². The second-order valence-corrected chi connectivity index (χ2v) is 9.02. The van der Waals surface area contributed by atoms with Crippen LogP contribution in [0.3, 0.4) is 0 Å². The zero-order valence-electron chi connectivity index (χ0n) is 17.3. The summed E-state index contributed by atoms with van der Waals surface area (Å²) in [6, 6.07) is 20.9. The van der Waals surface area contributed by atoms with Gasteiger partial charge in [-0.2, -0.15) is 5.10 Å². The summed E-state index contributed by atoms with van der Waals surface area (Å²) in [5.41, 5.74) is 4.89. The maximum absolute atomic E-state index is 12.4. The molecule has 3 aromatic carbocycles. The topological polar surface area (TPSA) is 97.3 Å². The number of nitrogens with one attached hydrogen (secondary N) is 1. The summed E-state index contributed by atoms with van der Waals surface area (Å²) in [6.07, 6.45) is 2.65. The standard InChI is InChI=1S/C23H21N3O5S/c1-32(28,29)26(15-17-5-3-2-4-6-17)20-10-8-19(9-11-20)23(27)25-24-14-18-7-12-21-22(13-18)31-16-30-21/h2-14H,15-16H2,1H3,(H,25,27)/b24-14+. The highest BCUT2D eigenvalue weighted by molar-refractivity contribution is 7.92. The summed E-state index contributed by atoms with van der Waals surface area (Å²) in [5.74, 6) is 0.881. The minimum absolute atomic E-state index is 0.185. The number of ether oxygens (including phenoxy) is 2. The van der Waals surface area contributed by atoms with Crippen molar-refractivity contribution in [3.05, 3.63) is 89.5 Å². The lowest BCUT2D eigenvalue weighted by molar-refractivity contribution is 0.0955. The minimum Gasteiger partial charge on any atom is -0.454 e. The van der Waals surface area contributed by atoms with Crippen LogP contribution in [-0.2, 0) is 16.6 Å². The van der Waals surface area contributed by atoms with Crippen LogP contribution in [0.5, 0.6) is 11.5 Å². The fourth-order valence-corrected chi connectivity index (χ4v) is 4.04. The summed E-state index contributed by atoms with van der Waals surface area (Å²) in [6.45, 7) is 0.385. The van der Waals surface area contributed by atoms with Crippen LogP contribution >= 0.6 is 0 Å². The van der Waals surface area contributed by atoms with Crippen LogP contribution in [0.2, 0.25) is 0 Å². The molecule has 0 aliphatic carbocycles. The average molecular weight is 452 g/mol. The van der Waals surface area contributed by atoms with Crippen LogP contribution in [0.15, 0.2) is 77.9 Å². The Bertz CT molecular complexity index is 1240. The molecule has 0 unspecified atom stereocenters. The van der Waals surface area contributed by atoms with E-state index in [2.05, 4.69) is 10.5 Å². The van der Waals surface area contributed by atoms with E-state index in [0.717, 1.165) is 17.4 Å². The molecular weight excluding hydrogens is 430 g/mol. The number of anilines is 1. The molecule has 1 aliphatic heterocycles. The summed E-state index contributed by atoms with van der Waals surface area (Å²) in [5, 5.41) is 3.97. The van der Waals surface area contributed by atoms with Crippen molar-refractivity contribution in [1.29, 1.82) is 0 Å². The molecule has 1 aliphatic rings. The SMILES string of the molecule is CS(=O)(=O)N(Cc1ccccc1)c1ccc(C(=O)N/N=C/c2ccc3c(c2)OCO3)cc1. The number of fused-ring (bicyclic) bond motifs is 1. The molecule has 32 heavy (non-hydrogen) atoms. The molecule has 164 valence electrons. The van der Waals surface area contributed by atoms with Crippen molar-refractivity contribution in [2.75, 3.05) is 17.4 Å². The maximum Gasteiger partial charge on any atom is 0.271 e. The molecule has 0 saturated heterocycles. The third-order valence-corrected chi connectivity index (χ3v) is 5.90. The van der Waals surface area contributed by atoms with E-state index in [-0.39, 0.29) is 13.3 Å². The Morgan fingerprint density at radius 2 is 1.75 bits per heavy atom. The molecule has 0 saturated carbocycles. The van der Waals surface area contributed by atoms with Crippen molar-refractivity contribution < 1.29 is 22.7 Å². The Morgan fingerprint density at radius 1 is 1.03 bits per heavy atom. The predicted octanol–water partition coefficient (Wildman–Crippen LogP) is 3.15. The first-order valence-electron chi connectivity index (χ1n) is 9.75. The van der Waals surface area contributed by atoms with Crippen LogP contribution in [-0.4, -0.2) is 33.6 Å². The molecule has 8 nitrogen and oxygen atoms in total. The van der Waals surface area contributed by atoms with E-state index in [4.69, 9.17) is 9.47 Å². The monoisotopic (exact) mass is 451 g/mol. The second-order valence-electron chi connectivity index (χ2n) is 7.11. The van der Waals surface area contributed by atoms with Crippen molar-refractivity contribution in [2.45, 2.75) is 6.54 Å². The number of carbonyl (C=O) groups excluding carboxylic acids is 1. The van der Waals surface area contributed by atoms with E-state index in [0.29, 0.717) is 22.7 Å². The quantitative estimate of drug-likeness (QED) is 0.440. The van der Waals surface area contributed by atoms with Gasteiger partial charge in [-0.1, -0.05) is 30.3 Å². The Morgan fingerprint density at radius 3 is 2.47 bits per heavy atom. The van der Waals surface area contributed by atoms with Gasteiger partial charge >= 0.3 is 0 Å². The van der Waals surface area contributed by atoms with Gasteiger partial charge in [-0.05, 0) is 53.6 Å². The molecule has 0 radical (unpaired) electrons. The highest BCUT2D eigenvalue weighted by Gasteiger charge is 2.18. The number of benzene rings is 3. The zero-order valence-corrected chi connectivity index (χ0v) is 18.1. The van der Waals surface area contributed by atoms with Gasteiger partial charge in [0.05, 0.1) is 24.7 Å². The molecule has 0 bridgehead atoms. The molecule has 0 atom stereocenters. The Labute approximate surface area is 186 Å². The summed E-state index contributed by atoms with van der Waals surface area (Å²) in [4.78, 5) is 12.4. The molecule has 9 heteroatoms. The van der Waals surface area contributed by atoms with Crippen molar-refractivity contribution in [3.8, 4) is 11.5 Å². The number of nitrogens with zero attached hydrogens (tertiary/aromatic N) is 2. The van der Waals surface area contributed by atoms with Gasteiger partial charge in [0, 0.05) is 5.56 Å². The number of rotatable bonds is 7. The first-order valence-corrected chi connectivity index (χ1v) is 11.6. The highest BCUT2D eigenvalue weighted by Crippen LogP contribution is 2.32. The van der Waals surface area contributed by atoms with Crippen LogP contribution < -0.4 is 19.2 Å². The molecule has 0 spiro atoms. The third-order valence-electron chi connectivity index (χ3n) is 4.76. The van der Waals surface area contributed by atoms with Gasteiger partial charge in [-0.25, -0.2) is 13.8 Å². The first-order chi connectivity index (χ1) is 15.4. The molecule has 3 aromatic rings. The number of amides is 1. The van der Waals surface area contributed by atoms with Gasteiger partial charge in [-0.15, -0.1) is 0 Å². The largest absolute Gasteiger partial charge is 0.454 e. The van der Waals surface area contributed by atoms with Gasteiger partial charge in [0.15, 0.2) is 11.5 Å². The Balaban J connectivity index is 1.43. The smallest absolute Gasteiger partial charge is 0.271 e. The van der Waals surface area contributed by atoms with Crippen LogP contribution in [0.25, 0.3) is 0 Å². The van der Waals surface area contributed by atoms with E-state index in [1.165, 1.54) is 10.5 Å². The lowest BCUT2D eigenvalue weighted by Gasteiger charge is -2.22. The molecule has 1 N–H and O–H groups in total. The highest BCUT2D eigenvalue weighted by atomic mass is 32.2. The van der Waals surface area contributed by atoms with Crippen molar-refractivity contribution in [3.63, 3.8) is 0 Å². The van der Waals surface area contributed by atoms with E-state index in [9.17, 15) is 13.2 Å². The Hall–Kier alpha value is -3.85. The molecule has 1 heterocycles. The van der Waals surface area contributed by atoms with E-state index in [1.54, 1.807) is 42.5 Å². The van der Waals surface area contributed by atoms with Gasteiger partial charge in [-0.3, -0.25) is 9.10 Å². The Kier molecular flexibility index (Phi) is 6.09. The van der Waals surface area contributed by atoms with E-state index in [1.807, 2.05) is 30.3 Å². The second kappa shape index (κ2) is 9.11. The molecule has 0 fully saturated rings. The summed E-state index contributed by atoms with van der Waals surface area (Å²) < 4.78 is 36.5. The van der Waals surface area contributed by atoms with Gasteiger partial charge in [0.1, 0.15) is 0 Å². The summed E-state index contributed by atoms with van der Waals surface area (Å²) >= 11 is 0. The van der Waals surface area contributed by atoms with Crippen LogP contribution in [0.1, 0.15) is 21.5 Å². The van der Waals surface area contributed by atoms with Crippen molar-refractivity contribution >= 4 is 27.8 Å². The van der Waals surface area contributed by atoms with Crippen molar-refractivity contribution in [1.82, 2.24) is 5.43 Å². The molecule has 0 aromatic heterocycles. The zero-order chi connectivity index (χ0) is 22.6. The molecular formula is C23H21N3O5S. The number of hydrogen-bond acceptors (Lipinski definition) is 6. The fraction of sp³-hybridized carbons (Fsp3) is 0.130. The van der Waals surface area contributed by atoms with Gasteiger partial charge in [0.25, 0.3) is 5.91 Å². The van der Waals surface area contributed by atoms with Crippen molar-refractivity contribution in [2.24, 2.45) is 5.10 Å². The normalized spacial score (nSPS) is 12.7. The first kappa shape index (κ1) is 21.4. The number of hydrazone groups is 1. The molecule has 1 amide bonds. The number of hydrogen-bond donors (Lipinski definition) is 1. The maximum atomic E-state index is 12.4. The van der Waals surface area contributed by atoms with E-state index < -0.39 is 15.9 Å². The predicted molar refractivity (Wildman–Crippen MR) is 122 cm³/mol. The number of sulfonamides is 1. The number of carbonyl (C=O) groups is 1. The lowest BCUT2D eigenvalue weighted by atomic mass is 10.2. The molecule has 4 rings (SSSR count). The third kappa shape index (κ3) is 5.06. The van der Waals surface area contributed by atoms with Crippen LogP contribution in [0, 0.1) is 0 Å². The fourth-order valence-electron chi connectivity index (χ4n) is 3.15. The van der Waals surface area contributed by atoms with Gasteiger partial charge < -0.3 is 9.47 Å². The van der Waals surface area contributed by atoms with Crippen LogP contribution in [0.4, 0.5) is 5.69 Å². The van der Waals surface area contributed by atoms with Gasteiger partial charge in [0.2, 0.25) is 16.8 Å². The minimum atomic E-state index is -3.51. The lowest BCUT2D eigenvalue weighted by Crippen LogP contribution is -2.29. The average Bonchev–Trinajstić information content (AvgIpc) is 3.25.